The number of hydrogen-bond donors (Lipinski definition) is 2. The van der Waals surface area contributed by atoms with Crippen molar-refractivity contribution in [2.24, 2.45) is 0 Å². The minimum absolute atomic E-state index is 0.0673. The second-order valence-electron chi connectivity index (χ2n) is 5.08. The second-order valence-corrected chi connectivity index (χ2v) is 5.49. The number of hydrogen-bond acceptors (Lipinski definition) is 4. The number of carbonyl (C=O) groups excluding carboxylic acids is 1. The second kappa shape index (κ2) is 6.90. The smallest absolute Gasteiger partial charge is 0.274 e. The van der Waals surface area contributed by atoms with Crippen LogP contribution in [0.1, 0.15) is 42.6 Å². The lowest BCUT2D eigenvalue weighted by Gasteiger charge is -2.34. The van der Waals surface area contributed by atoms with E-state index >= 15 is 0 Å². The first-order chi connectivity index (χ1) is 9.63. The molecular weight excluding hydrogens is 278 g/mol. The minimum atomic E-state index is -0.247. The number of halogens is 1. The van der Waals surface area contributed by atoms with E-state index in [1.165, 1.54) is 6.42 Å². The van der Waals surface area contributed by atoms with Crippen molar-refractivity contribution in [2.75, 3.05) is 18.9 Å². The molecule has 0 aliphatic heterocycles. The van der Waals surface area contributed by atoms with Gasteiger partial charge in [0.1, 0.15) is 11.5 Å². The summed E-state index contributed by atoms with van der Waals surface area (Å²) in [5, 5.41) is 9.51. The van der Waals surface area contributed by atoms with Crippen molar-refractivity contribution in [1.29, 1.82) is 0 Å². The van der Waals surface area contributed by atoms with E-state index in [0.29, 0.717) is 11.6 Å². The standard InChI is InChI=1S/C14H20ClN3O2/c15-11-6-7-12(16)17-13(11)14(20)18(8-9-19)10-4-2-1-3-5-10/h6-7,10,19H,1-5,8-9H2,(H2,16,17). The van der Waals surface area contributed by atoms with Gasteiger partial charge in [0, 0.05) is 12.6 Å². The van der Waals surface area contributed by atoms with Crippen LogP contribution >= 0.6 is 11.6 Å². The van der Waals surface area contributed by atoms with Gasteiger partial charge in [-0.2, -0.15) is 0 Å². The van der Waals surface area contributed by atoms with Crippen LogP contribution in [0, 0.1) is 0 Å². The van der Waals surface area contributed by atoms with Gasteiger partial charge in [0.2, 0.25) is 0 Å². The molecule has 1 aliphatic rings. The van der Waals surface area contributed by atoms with Crippen LogP contribution in [0.3, 0.4) is 0 Å². The predicted octanol–water partition coefficient (Wildman–Crippen LogP) is 2.08. The summed E-state index contributed by atoms with van der Waals surface area (Å²) in [7, 11) is 0. The highest BCUT2D eigenvalue weighted by molar-refractivity contribution is 6.33. The number of nitrogen functional groups attached to an aromatic ring is 1. The third-order valence-corrected chi connectivity index (χ3v) is 3.99. The Morgan fingerprint density at radius 2 is 2.10 bits per heavy atom. The Balaban J connectivity index is 2.23. The lowest BCUT2D eigenvalue weighted by Crippen LogP contribution is -2.43. The van der Waals surface area contributed by atoms with Crippen molar-refractivity contribution >= 4 is 23.3 Å². The van der Waals surface area contributed by atoms with E-state index in [1.54, 1.807) is 17.0 Å². The van der Waals surface area contributed by atoms with Gasteiger partial charge >= 0.3 is 0 Å². The molecule has 20 heavy (non-hydrogen) atoms. The van der Waals surface area contributed by atoms with E-state index in [-0.39, 0.29) is 30.1 Å². The quantitative estimate of drug-likeness (QED) is 0.892. The molecule has 110 valence electrons. The Morgan fingerprint density at radius 3 is 2.75 bits per heavy atom. The molecule has 2 rings (SSSR count). The fourth-order valence-electron chi connectivity index (χ4n) is 2.69. The van der Waals surface area contributed by atoms with Crippen LogP contribution in [0.2, 0.25) is 5.02 Å². The maximum Gasteiger partial charge on any atom is 0.274 e. The Bertz CT molecular complexity index is 475. The van der Waals surface area contributed by atoms with Crippen LogP contribution in [-0.4, -0.2) is 40.1 Å². The Morgan fingerprint density at radius 1 is 1.40 bits per heavy atom. The zero-order valence-electron chi connectivity index (χ0n) is 11.4. The Labute approximate surface area is 123 Å². The SMILES string of the molecule is Nc1ccc(Cl)c(C(=O)N(CCO)C2CCCCC2)n1. The molecule has 0 atom stereocenters. The molecule has 0 saturated heterocycles. The molecule has 1 heterocycles. The number of anilines is 1. The highest BCUT2D eigenvalue weighted by atomic mass is 35.5. The van der Waals surface area contributed by atoms with Crippen LogP contribution in [0.15, 0.2) is 12.1 Å². The first kappa shape index (κ1) is 15.1. The number of rotatable bonds is 4. The summed E-state index contributed by atoms with van der Waals surface area (Å²) in [5.41, 5.74) is 5.80. The summed E-state index contributed by atoms with van der Waals surface area (Å²) in [6.45, 7) is 0.235. The van der Waals surface area contributed by atoms with Gasteiger partial charge in [0.15, 0.2) is 0 Å². The molecule has 1 amide bonds. The van der Waals surface area contributed by atoms with Gasteiger partial charge in [-0.25, -0.2) is 4.98 Å². The molecule has 1 aliphatic carbocycles. The fraction of sp³-hybridized carbons (Fsp3) is 0.571. The minimum Gasteiger partial charge on any atom is -0.395 e. The zero-order chi connectivity index (χ0) is 14.5. The number of aliphatic hydroxyl groups is 1. The number of amides is 1. The average molecular weight is 298 g/mol. The molecule has 5 nitrogen and oxygen atoms in total. The summed E-state index contributed by atoms with van der Waals surface area (Å²) >= 11 is 6.05. The van der Waals surface area contributed by atoms with Gasteiger partial charge in [-0.1, -0.05) is 30.9 Å². The highest BCUT2D eigenvalue weighted by Gasteiger charge is 2.28. The fourth-order valence-corrected chi connectivity index (χ4v) is 2.88. The molecule has 0 bridgehead atoms. The van der Waals surface area contributed by atoms with E-state index in [2.05, 4.69) is 4.98 Å². The van der Waals surface area contributed by atoms with Crippen LogP contribution < -0.4 is 5.73 Å². The molecule has 6 heteroatoms. The van der Waals surface area contributed by atoms with Crippen molar-refractivity contribution in [3.05, 3.63) is 22.8 Å². The lowest BCUT2D eigenvalue weighted by molar-refractivity contribution is 0.0580. The maximum absolute atomic E-state index is 12.6. The largest absolute Gasteiger partial charge is 0.395 e. The molecule has 1 aromatic rings. The molecule has 0 aromatic carbocycles. The number of nitrogens with zero attached hydrogens (tertiary/aromatic N) is 2. The van der Waals surface area contributed by atoms with E-state index < -0.39 is 0 Å². The van der Waals surface area contributed by atoms with Crippen molar-refractivity contribution in [2.45, 2.75) is 38.1 Å². The molecule has 1 aromatic heterocycles. The van der Waals surface area contributed by atoms with E-state index in [9.17, 15) is 9.90 Å². The van der Waals surface area contributed by atoms with Crippen molar-refractivity contribution in [3.8, 4) is 0 Å². The van der Waals surface area contributed by atoms with Gasteiger partial charge in [-0.15, -0.1) is 0 Å². The molecule has 0 radical (unpaired) electrons. The van der Waals surface area contributed by atoms with Crippen LogP contribution in [0.5, 0.6) is 0 Å². The molecule has 1 fully saturated rings. The van der Waals surface area contributed by atoms with Gasteiger partial charge in [-0.05, 0) is 25.0 Å². The van der Waals surface area contributed by atoms with Gasteiger partial charge in [0.05, 0.1) is 11.6 Å². The van der Waals surface area contributed by atoms with E-state index in [0.717, 1.165) is 25.7 Å². The number of carbonyl (C=O) groups is 1. The normalized spacial score (nSPS) is 16.1. The Kier molecular flexibility index (Phi) is 5.20. The molecular formula is C14H20ClN3O2. The van der Waals surface area contributed by atoms with Gasteiger partial charge in [-0.3, -0.25) is 4.79 Å². The molecule has 1 saturated carbocycles. The topological polar surface area (TPSA) is 79.5 Å². The first-order valence-electron chi connectivity index (χ1n) is 6.97. The summed E-state index contributed by atoms with van der Waals surface area (Å²) in [4.78, 5) is 18.4. The molecule has 3 N–H and O–H groups in total. The third kappa shape index (κ3) is 3.41. The summed E-state index contributed by atoms with van der Waals surface area (Å²) < 4.78 is 0. The van der Waals surface area contributed by atoms with E-state index in [4.69, 9.17) is 17.3 Å². The van der Waals surface area contributed by atoms with Crippen molar-refractivity contribution in [3.63, 3.8) is 0 Å². The van der Waals surface area contributed by atoms with E-state index in [1.807, 2.05) is 0 Å². The molecule has 0 spiro atoms. The van der Waals surface area contributed by atoms with Crippen molar-refractivity contribution in [1.82, 2.24) is 9.88 Å². The van der Waals surface area contributed by atoms with Crippen molar-refractivity contribution < 1.29 is 9.90 Å². The first-order valence-corrected chi connectivity index (χ1v) is 7.35. The highest BCUT2D eigenvalue weighted by Crippen LogP contribution is 2.25. The number of nitrogens with two attached hydrogens (primary N) is 1. The lowest BCUT2D eigenvalue weighted by atomic mass is 9.94. The monoisotopic (exact) mass is 297 g/mol. The molecule has 0 unspecified atom stereocenters. The van der Waals surface area contributed by atoms with Crippen LogP contribution in [0.4, 0.5) is 5.82 Å². The van der Waals surface area contributed by atoms with Crippen LogP contribution in [0.25, 0.3) is 0 Å². The maximum atomic E-state index is 12.6. The zero-order valence-corrected chi connectivity index (χ0v) is 12.1. The van der Waals surface area contributed by atoms with Gasteiger partial charge < -0.3 is 15.7 Å². The predicted molar refractivity (Wildman–Crippen MR) is 78.7 cm³/mol. The summed E-state index contributed by atoms with van der Waals surface area (Å²) in [6.07, 6.45) is 5.35. The summed E-state index contributed by atoms with van der Waals surface area (Å²) in [6, 6.07) is 3.30. The van der Waals surface area contributed by atoms with Crippen LogP contribution in [-0.2, 0) is 0 Å². The summed E-state index contributed by atoms with van der Waals surface area (Å²) in [5.74, 6) is 0.0218. The average Bonchev–Trinajstić information content (AvgIpc) is 2.47. The Hall–Kier alpha value is -1.33. The number of aromatic nitrogens is 1. The van der Waals surface area contributed by atoms with Gasteiger partial charge in [0.25, 0.3) is 5.91 Å². The third-order valence-electron chi connectivity index (χ3n) is 3.69. The number of pyridine rings is 1. The number of aliphatic hydroxyl groups excluding tert-OH is 1.